The third-order valence-electron chi connectivity index (χ3n) is 3.15. The summed E-state index contributed by atoms with van der Waals surface area (Å²) < 4.78 is 11.0. The topological polar surface area (TPSA) is 61.6 Å². The van der Waals surface area contributed by atoms with Crippen molar-refractivity contribution < 1.29 is 14.4 Å². The minimum Gasteiger partial charge on any atom is -0.489 e. The number of non-ortho nitro benzene ring substituents is 1. The maximum absolute atomic E-state index is 11.0. The van der Waals surface area contributed by atoms with Crippen LogP contribution in [0.5, 0.6) is 5.75 Å². The van der Waals surface area contributed by atoms with Gasteiger partial charge in [0.15, 0.2) is 0 Å². The summed E-state index contributed by atoms with van der Waals surface area (Å²) in [6.45, 7) is 3.47. The number of ether oxygens (including phenoxy) is 2. The van der Waals surface area contributed by atoms with Gasteiger partial charge in [0.1, 0.15) is 12.4 Å². The van der Waals surface area contributed by atoms with Crippen LogP contribution in [0.1, 0.15) is 18.1 Å². The zero-order valence-electron chi connectivity index (χ0n) is 12.5. The van der Waals surface area contributed by atoms with Gasteiger partial charge in [0.2, 0.25) is 0 Å². The molecular weight excluding hydrogens is 282 g/mol. The molecule has 0 atom stereocenters. The third-order valence-corrected chi connectivity index (χ3v) is 3.15. The fourth-order valence-corrected chi connectivity index (χ4v) is 2.05. The predicted octanol–water partition coefficient (Wildman–Crippen LogP) is 3.75. The Hall–Kier alpha value is -2.40. The van der Waals surface area contributed by atoms with Gasteiger partial charge in [0.05, 0.1) is 17.6 Å². The molecule has 0 saturated carbocycles. The highest BCUT2D eigenvalue weighted by atomic mass is 16.6. The van der Waals surface area contributed by atoms with Gasteiger partial charge in [-0.05, 0) is 30.5 Å². The van der Waals surface area contributed by atoms with Crippen molar-refractivity contribution in [3.8, 4) is 5.75 Å². The van der Waals surface area contributed by atoms with E-state index in [0.29, 0.717) is 32.0 Å². The first kappa shape index (κ1) is 16.0. The molecule has 2 rings (SSSR count). The van der Waals surface area contributed by atoms with Gasteiger partial charge in [-0.1, -0.05) is 30.3 Å². The lowest BCUT2D eigenvalue weighted by Gasteiger charge is -2.09. The van der Waals surface area contributed by atoms with Crippen molar-refractivity contribution in [3.05, 3.63) is 69.8 Å². The van der Waals surface area contributed by atoms with Crippen molar-refractivity contribution in [2.75, 3.05) is 13.2 Å². The fourth-order valence-electron chi connectivity index (χ4n) is 2.05. The van der Waals surface area contributed by atoms with Crippen molar-refractivity contribution in [3.63, 3.8) is 0 Å². The molecule has 0 aromatic heterocycles. The molecule has 2 aromatic carbocycles. The van der Waals surface area contributed by atoms with E-state index in [0.717, 1.165) is 11.1 Å². The van der Waals surface area contributed by atoms with E-state index in [4.69, 9.17) is 9.47 Å². The van der Waals surface area contributed by atoms with E-state index in [1.807, 2.05) is 43.3 Å². The van der Waals surface area contributed by atoms with Gasteiger partial charge in [0, 0.05) is 12.7 Å². The van der Waals surface area contributed by atoms with Crippen LogP contribution < -0.4 is 4.74 Å². The Morgan fingerprint density at radius 2 is 1.86 bits per heavy atom. The molecule has 0 fully saturated rings. The largest absolute Gasteiger partial charge is 0.489 e. The number of nitro benzene ring substituents is 1. The molecule has 5 heteroatoms. The lowest BCUT2D eigenvalue weighted by molar-refractivity contribution is -0.385. The second kappa shape index (κ2) is 8.14. The molecule has 0 amide bonds. The van der Waals surface area contributed by atoms with E-state index in [1.54, 1.807) is 6.07 Å². The summed E-state index contributed by atoms with van der Waals surface area (Å²) in [5.41, 5.74) is 1.90. The van der Waals surface area contributed by atoms with Crippen LogP contribution in [0, 0.1) is 10.1 Å². The Kier molecular flexibility index (Phi) is 5.91. The van der Waals surface area contributed by atoms with E-state index in [-0.39, 0.29) is 5.69 Å². The maximum Gasteiger partial charge on any atom is 0.273 e. The molecule has 0 unspecified atom stereocenters. The number of nitrogens with zero attached hydrogens (tertiary/aromatic N) is 1. The molecule has 2 aromatic rings. The van der Waals surface area contributed by atoms with Crippen LogP contribution in [-0.4, -0.2) is 18.1 Å². The van der Waals surface area contributed by atoms with Gasteiger partial charge >= 0.3 is 0 Å². The number of benzene rings is 2. The molecule has 5 nitrogen and oxygen atoms in total. The van der Waals surface area contributed by atoms with Crippen LogP contribution in [0.4, 0.5) is 5.69 Å². The minimum atomic E-state index is -0.403. The van der Waals surface area contributed by atoms with Crippen molar-refractivity contribution in [1.82, 2.24) is 0 Å². The van der Waals surface area contributed by atoms with E-state index in [1.165, 1.54) is 6.07 Å². The molecule has 0 spiro atoms. The second-order valence-electron chi connectivity index (χ2n) is 4.81. The Morgan fingerprint density at radius 3 is 2.55 bits per heavy atom. The SMILES string of the molecule is CCOCCc1cc(OCc2ccccc2)cc([N+](=O)[O-])c1. The van der Waals surface area contributed by atoms with Crippen molar-refractivity contribution in [2.45, 2.75) is 20.0 Å². The number of hydrogen-bond donors (Lipinski definition) is 0. The van der Waals surface area contributed by atoms with E-state index in [2.05, 4.69) is 0 Å². The molecule has 22 heavy (non-hydrogen) atoms. The van der Waals surface area contributed by atoms with Gasteiger partial charge < -0.3 is 9.47 Å². The smallest absolute Gasteiger partial charge is 0.273 e. The second-order valence-corrected chi connectivity index (χ2v) is 4.81. The molecule has 0 N–H and O–H groups in total. The van der Waals surface area contributed by atoms with Crippen LogP contribution >= 0.6 is 0 Å². The molecule has 0 aliphatic rings. The molecule has 0 radical (unpaired) electrons. The Balaban J connectivity index is 2.09. The zero-order valence-corrected chi connectivity index (χ0v) is 12.5. The average molecular weight is 301 g/mol. The molecule has 116 valence electrons. The zero-order chi connectivity index (χ0) is 15.8. The van der Waals surface area contributed by atoms with Crippen LogP contribution in [0.25, 0.3) is 0 Å². The van der Waals surface area contributed by atoms with Gasteiger partial charge in [-0.2, -0.15) is 0 Å². The highest BCUT2D eigenvalue weighted by Crippen LogP contribution is 2.24. The summed E-state index contributed by atoms with van der Waals surface area (Å²) in [7, 11) is 0. The Labute approximate surface area is 129 Å². The first-order chi connectivity index (χ1) is 10.7. The summed E-state index contributed by atoms with van der Waals surface area (Å²) >= 11 is 0. The van der Waals surface area contributed by atoms with E-state index >= 15 is 0 Å². The van der Waals surface area contributed by atoms with Crippen molar-refractivity contribution >= 4 is 5.69 Å². The fraction of sp³-hybridized carbons (Fsp3) is 0.294. The first-order valence-corrected chi connectivity index (χ1v) is 7.22. The van der Waals surface area contributed by atoms with E-state index < -0.39 is 4.92 Å². The third kappa shape index (κ3) is 4.86. The average Bonchev–Trinajstić information content (AvgIpc) is 2.54. The maximum atomic E-state index is 11.0. The number of rotatable bonds is 8. The Bertz CT molecular complexity index is 613. The summed E-state index contributed by atoms with van der Waals surface area (Å²) in [6, 6.07) is 14.5. The van der Waals surface area contributed by atoms with Gasteiger partial charge in [-0.25, -0.2) is 0 Å². The molecule has 0 heterocycles. The molecule has 0 saturated heterocycles. The normalized spacial score (nSPS) is 10.4. The first-order valence-electron chi connectivity index (χ1n) is 7.22. The summed E-state index contributed by atoms with van der Waals surface area (Å²) in [4.78, 5) is 10.6. The lowest BCUT2D eigenvalue weighted by atomic mass is 10.1. The summed E-state index contributed by atoms with van der Waals surface area (Å²) in [6.07, 6.45) is 0.622. The molecule has 0 bridgehead atoms. The van der Waals surface area contributed by atoms with Gasteiger partial charge in [-0.3, -0.25) is 10.1 Å². The number of nitro groups is 1. The van der Waals surface area contributed by atoms with Crippen LogP contribution in [0.2, 0.25) is 0 Å². The summed E-state index contributed by atoms with van der Waals surface area (Å²) in [5, 5.41) is 11.0. The molecular formula is C17H19NO4. The van der Waals surface area contributed by atoms with Crippen LogP contribution in [0.15, 0.2) is 48.5 Å². The standard InChI is InChI=1S/C17H19NO4/c1-2-21-9-8-15-10-16(18(19)20)12-17(11-15)22-13-14-6-4-3-5-7-14/h3-7,10-12H,2,8-9,13H2,1H3. The Morgan fingerprint density at radius 1 is 1.09 bits per heavy atom. The molecule has 0 aliphatic heterocycles. The van der Waals surface area contributed by atoms with Gasteiger partial charge in [0.25, 0.3) is 5.69 Å². The van der Waals surface area contributed by atoms with Crippen molar-refractivity contribution in [1.29, 1.82) is 0 Å². The van der Waals surface area contributed by atoms with Crippen LogP contribution in [0.3, 0.4) is 0 Å². The highest BCUT2D eigenvalue weighted by molar-refractivity contribution is 5.43. The quantitative estimate of drug-likeness (QED) is 0.423. The predicted molar refractivity (Wildman–Crippen MR) is 84.1 cm³/mol. The van der Waals surface area contributed by atoms with Crippen molar-refractivity contribution in [2.24, 2.45) is 0 Å². The van der Waals surface area contributed by atoms with Gasteiger partial charge in [-0.15, -0.1) is 0 Å². The summed E-state index contributed by atoms with van der Waals surface area (Å²) in [5.74, 6) is 0.504. The van der Waals surface area contributed by atoms with E-state index in [9.17, 15) is 10.1 Å². The van der Waals surface area contributed by atoms with Crippen LogP contribution in [-0.2, 0) is 17.8 Å². The minimum absolute atomic E-state index is 0.0389. The number of hydrogen-bond acceptors (Lipinski definition) is 4. The lowest BCUT2D eigenvalue weighted by Crippen LogP contribution is -2.01. The highest BCUT2D eigenvalue weighted by Gasteiger charge is 2.11. The monoisotopic (exact) mass is 301 g/mol. The molecule has 0 aliphatic carbocycles.